The molecule has 0 N–H and O–H groups in total. The number of nitrogens with zero attached hydrogens (tertiary/aromatic N) is 6. The number of aromatic nitrogens is 6. The Balaban J connectivity index is 1.51. The van der Waals surface area contributed by atoms with E-state index in [9.17, 15) is 0 Å². The van der Waals surface area contributed by atoms with E-state index in [0.29, 0.717) is 0 Å². The molecule has 0 saturated heterocycles. The van der Waals surface area contributed by atoms with Gasteiger partial charge in [0.05, 0.1) is 0 Å². The van der Waals surface area contributed by atoms with E-state index < -0.39 is 0 Å². The van der Waals surface area contributed by atoms with Gasteiger partial charge in [-0.2, -0.15) is 0 Å². The van der Waals surface area contributed by atoms with Gasteiger partial charge in [0.1, 0.15) is 0 Å². The molecule has 0 aliphatic heterocycles. The molecule has 160 valence electrons. The van der Waals surface area contributed by atoms with Crippen LogP contribution in [0, 0.1) is 13.8 Å². The minimum absolute atomic E-state index is 0.108. The first-order chi connectivity index (χ1) is 16.2. The fourth-order valence-electron chi connectivity index (χ4n) is 3.94. The Kier molecular flexibility index (Phi) is 4.79. The van der Waals surface area contributed by atoms with Crippen molar-refractivity contribution >= 4 is 35.2 Å². The van der Waals surface area contributed by atoms with E-state index in [-0.39, 0.29) is 15.0 Å². The zero-order valence-corrected chi connectivity index (χ0v) is 19.9. The molecule has 6 heterocycles. The van der Waals surface area contributed by atoms with Crippen LogP contribution < -0.4 is 9.18 Å². The summed E-state index contributed by atoms with van der Waals surface area (Å²) in [5.41, 5.74) is 6.24. The van der Waals surface area contributed by atoms with Gasteiger partial charge < -0.3 is 0 Å². The van der Waals surface area contributed by atoms with Crippen molar-refractivity contribution in [3.8, 4) is 23.0 Å². The van der Waals surface area contributed by atoms with Gasteiger partial charge in [-0.25, -0.2) is 0 Å². The van der Waals surface area contributed by atoms with E-state index in [1.165, 1.54) is 0 Å². The van der Waals surface area contributed by atoms with Gasteiger partial charge >= 0.3 is 197 Å². The zero-order valence-electron chi connectivity index (χ0n) is 18.2. The molecule has 6 aromatic heterocycles. The van der Waals surface area contributed by atoms with Crippen LogP contribution in [0.5, 0.6) is 0 Å². The number of hydrogen-bond donors (Lipinski definition) is 0. The van der Waals surface area contributed by atoms with Crippen LogP contribution in [0.4, 0.5) is 0 Å². The van der Waals surface area contributed by atoms with E-state index in [0.717, 1.165) is 54.4 Å². The number of hydrogen-bond acceptors (Lipinski definition) is 4. The topological polar surface area (TPSA) is 60.4 Å². The number of fused-ring (bicyclic) bond motifs is 2. The van der Waals surface area contributed by atoms with Crippen molar-refractivity contribution in [3.63, 3.8) is 0 Å². The number of pyridine rings is 4. The Morgan fingerprint density at radius 2 is 1.12 bits per heavy atom. The molecule has 6 rings (SSSR count). The minimum atomic E-state index is -0.108. The second-order valence-electron chi connectivity index (χ2n) is 7.93. The second kappa shape index (κ2) is 7.96. The van der Waals surface area contributed by atoms with E-state index >= 15 is 0 Å². The first kappa shape index (κ1) is 19.9. The Hall–Kier alpha value is -3.80. The Morgan fingerprint density at radius 1 is 0.636 bits per heavy atom. The van der Waals surface area contributed by atoms with Crippen molar-refractivity contribution in [3.05, 3.63) is 96.6 Å². The van der Waals surface area contributed by atoms with Crippen molar-refractivity contribution in [2.45, 2.75) is 13.8 Å². The molecule has 0 amide bonds. The van der Waals surface area contributed by atoms with Crippen LogP contribution in [0.25, 0.3) is 34.1 Å². The summed E-state index contributed by atoms with van der Waals surface area (Å²) in [6.07, 6.45) is 7.77. The number of aryl methyl sites for hydroxylation is 2. The van der Waals surface area contributed by atoms with Crippen molar-refractivity contribution < 1.29 is 0 Å². The van der Waals surface area contributed by atoms with Crippen molar-refractivity contribution in [1.82, 2.24) is 28.7 Å². The van der Waals surface area contributed by atoms with Gasteiger partial charge in [0.15, 0.2) is 0 Å². The molecule has 7 heteroatoms. The van der Waals surface area contributed by atoms with Crippen LogP contribution in [0.15, 0.2) is 85.5 Å². The van der Waals surface area contributed by atoms with Gasteiger partial charge in [-0.05, 0) is 0 Å². The van der Waals surface area contributed by atoms with Gasteiger partial charge in [-0.1, -0.05) is 0 Å². The number of rotatable bonds is 4. The zero-order chi connectivity index (χ0) is 22.4. The van der Waals surface area contributed by atoms with Crippen LogP contribution in [-0.2, 0) is 0 Å². The third-order valence-electron chi connectivity index (χ3n) is 5.51. The summed E-state index contributed by atoms with van der Waals surface area (Å²) in [4.78, 5) is 19.3. The number of imidazole rings is 2. The van der Waals surface area contributed by atoms with E-state index in [1.807, 2.05) is 36.7 Å². The van der Waals surface area contributed by atoms with Gasteiger partial charge in [0.2, 0.25) is 0 Å². The van der Waals surface area contributed by atoms with Gasteiger partial charge in [-0.15, -0.1) is 0 Å². The third kappa shape index (κ3) is 3.52. The van der Waals surface area contributed by atoms with E-state index in [2.05, 4.69) is 81.4 Å². The average molecular weight is 495 g/mol. The molecule has 0 fully saturated rings. The Labute approximate surface area is 197 Å². The van der Waals surface area contributed by atoms with Gasteiger partial charge in [0.25, 0.3) is 0 Å². The summed E-state index contributed by atoms with van der Waals surface area (Å²) >= 11 is -0.108. The summed E-state index contributed by atoms with van der Waals surface area (Å²) in [5, 5.41) is 0. The Bertz CT molecular complexity index is 1510. The van der Waals surface area contributed by atoms with Gasteiger partial charge in [0, 0.05) is 0 Å². The van der Waals surface area contributed by atoms with Crippen molar-refractivity contribution in [2.75, 3.05) is 0 Å². The molecule has 0 aliphatic carbocycles. The first-order valence-electron chi connectivity index (χ1n) is 10.7. The summed E-state index contributed by atoms with van der Waals surface area (Å²) in [5.74, 6) is 1.71. The van der Waals surface area contributed by atoms with Crippen LogP contribution >= 0.6 is 0 Å². The molecule has 33 heavy (non-hydrogen) atoms. The van der Waals surface area contributed by atoms with E-state index in [1.54, 1.807) is 0 Å². The fraction of sp³-hybridized carbons (Fsp3) is 0.0769. The Morgan fingerprint density at radius 3 is 1.58 bits per heavy atom. The summed E-state index contributed by atoms with van der Waals surface area (Å²) < 4.78 is 6.32. The van der Waals surface area contributed by atoms with Crippen LogP contribution in [0.2, 0.25) is 0 Å². The first-order valence-corrected chi connectivity index (χ1v) is 12.4. The molecule has 0 bridgehead atoms. The molecule has 0 unspecified atom stereocenters. The molecule has 0 aromatic carbocycles. The van der Waals surface area contributed by atoms with Crippen LogP contribution in [0.3, 0.4) is 0 Å². The quantitative estimate of drug-likeness (QED) is 0.352. The standard InChI is InChI=1S/C26H20N6Se/c1-17-9-11-27-19(15-17)23-29-25(21-7-3-5-13-31(21)23)33-26-22-8-4-6-14-32(22)24(30-26)20-16-18(2)10-12-28-20/h3-16H,1-2H3. The predicted molar refractivity (Wildman–Crippen MR) is 131 cm³/mol. The normalized spacial score (nSPS) is 11.5. The maximum absolute atomic E-state index is 5.06. The summed E-state index contributed by atoms with van der Waals surface area (Å²) in [7, 11) is 0. The summed E-state index contributed by atoms with van der Waals surface area (Å²) in [6, 6.07) is 20.5. The molecule has 0 aliphatic rings. The fourth-order valence-corrected chi connectivity index (χ4v) is 6.01. The van der Waals surface area contributed by atoms with Gasteiger partial charge in [-0.3, -0.25) is 0 Å². The molecule has 6 aromatic rings. The third-order valence-corrected chi connectivity index (χ3v) is 7.58. The average Bonchev–Trinajstić information content (AvgIpc) is 3.39. The van der Waals surface area contributed by atoms with E-state index in [4.69, 9.17) is 9.97 Å². The van der Waals surface area contributed by atoms with Crippen molar-refractivity contribution in [2.24, 2.45) is 0 Å². The second-order valence-corrected chi connectivity index (χ2v) is 9.98. The molecular weight excluding hydrogens is 475 g/mol. The molecular formula is C26H20N6Se. The predicted octanol–water partition coefficient (Wildman–Crippen LogP) is 3.38. The van der Waals surface area contributed by atoms with Crippen molar-refractivity contribution in [1.29, 1.82) is 0 Å². The van der Waals surface area contributed by atoms with Crippen LogP contribution in [-0.4, -0.2) is 43.7 Å². The SMILES string of the molecule is Cc1ccnc(-c2nc([Se]c3nc(-c4cc(C)ccn4)n4ccccc34)c3ccccn23)c1. The molecule has 0 saturated carbocycles. The molecule has 0 atom stereocenters. The maximum atomic E-state index is 5.06. The molecule has 0 spiro atoms. The molecule has 6 nitrogen and oxygen atoms in total. The monoisotopic (exact) mass is 496 g/mol. The summed E-state index contributed by atoms with van der Waals surface area (Å²) in [6.45, 7) is 4.15. The molecule has 0 radical (unpaired) electrons. The van der Waals surface area contributed by atoms with Crippen LogP contribution in [0.1, 0.15) is 11.1 Å².